The van der Waals surface area contributed by atoms with Crippen molar-refractivity contribution in [3.05, 3.63) is 60.8 Å². The smallest absolute Gasteiger partial charge is 0.410 e. The summed E-state index contributed by atoms with van der Waals surface area (Å²) in [4.78, 5) is 23.1. The number of hydrogen-bond acceptors (Lipinski definition) is 6. The van der Waals surface area contributed by atoms with E-state index in [0.717, 1.165) is 15.8 Å². The van der Waals surface area contributed by atoms with E-state index in [-0.39, 0.29) is 6.54 Å². The second-order valence-corrected chi connectivity index (χ2v) is 8.05. The van der Waals surface area contributed by atoms with E-state index < -0.39 is 30.8 Å². The molecule has 13 heteroatoms. The van der Waals surface area contributed by atoms with Gasteiger partial charge in [0.25, 0.3) is 5.88 Å². The summed E-state index contributed by atoms with van der Waals surface area (Å²) in [5.41, 5.74) is 2.67. The Balaban J connectivity index is 1.57. The summed E-state index contributed by atoms with van der Waals surface area (Å²) in [6.07, 6.45) is 3.13. The number of nitrogens with zero attached hydrogens (tertiary/aromatic N) is 7. The van der Waals surface area contributed by atoms with Crippen LogP contribution in [0.25, 0.3) is 16.9 Å². The Hall–Kier alpha value is -4.16. The van der Waals surface area contributed by atoms with Gasteiger partial charge in [-0.05, 0) is 25.5 Å². The standard InChI is InChI=1S/C23H25F3N8O2/c1-4-34(22(35)30-19(23(24,25)26)14-33-11-9-28-31-33)15(2)16-6-5-7-17(12-16)18-13-32-10-8-27-20(32)21(29-18)36-3/h5-13,15,19H,4,14H2,1-3H3,(H,30,35). The number of carbonyl (C=O) groups is 1. The topological polar surface area (TPSA) is 102 Å². The molecule has 0 bridgehead atoms. The summed E-state index contributed by atoms with van der Waals surface area (Å²) in [5, 5.41) is 9.20. The van der Waals surface area contributed by atoms with Gasteiger partial charge in [0, 0.05) is 36.9 Å². The van der Waals surface area contributed by atoms with Gasteiger partial charge in [0.15, 0.2) is 5.65 Å². The number of benzene rings is 1. The maximum absolute atomic E-state index is 13.6. The number of fused-ring (bicyclic) bond motifs is 1. The number of halogens is 3. The van der Waals surface area contributed by atoms with E-state index in [2.05, 4.69) is 25.6 Å². The maximum Gasteiger partial charge on any atom is 0.410 e. The minimum absolute atomic E-state index is 0.193. The third kappa shape index (κ3) is 5.24. The molecule has 3 heterocycles. The van der Waals surface area contributed by atoms with Crippen LogP contribution in [0.4, 0.5) is 18.0 Å². The Labute approximate surface area is 204 Å². The van der Waals surface area contributed by atoms with Crippen molar-refractivity contribution in [1.82, 2.24) is 39.6 Å². The van der Waals surface area contributed by atoms with E-state index in [1.807, 2.05) is 24.3 Å². The summed E-state index contributed by atoms with van der Waals surface area (Å²) >= 11 is 0. The molecule has 3 aromatic heterocycles. The molecule has 0 fully saturated rings. The highest BCUT2D eigenvalue weighted by atomic mass is 19.4. The normalized spacial score (nSPS) is 13.4. The third-order valence-corrected chi connectivity index (χ3v) is 5.80. The van der Waals surface area contributed by atoms with Crippen molar-refractivity contribution in [3.8, 4) is 17.1 Å². The number of amides is 2. The summed E-state index contributed by atoms with van der Waals surface area (Å²) < 4.78 is 49.1. The number of aromatic nitrogens is 6. The average molecular weight is 503 g/mol. The van der Waals surface area contributed by atoms with Crippen molar-refractivity contribution < 1.29 is 22.7 Å². The molecule has 0 saturated heterocycles. The molecule has 36 heavy (non-hydrogen) atoms. The number of hydrogen-bond donors (Lipinski definition) is 1. The zero-order valence-corrected chi connectivity index (χ0v) is 19.8. The zero-order valence-electron chi connectivity index (χ0n) is 19.8. The zero-order chi connectivity index (χ0) is 25.9. The number of urea groups is 1. The first-order valence-electron chi connectivity index (χ1n) is 11.2. The van der Waals surface area contributed by atoms with Gasteiger partial charge in [-0.25, -0.2) is 14.8 Å². The van der Waals surface area contributed by atoms with Crippen molar-refractivity contribution in [2.45, 2.75) is 38.7 Å². The van der Waals surface area contributed by atoms with Crippen molar-refractivity contribution in [3.63, 3.8) is 0 Å². The van der Waals surface area contributed by atoms with Crippen molar-refractivity contribution in [1.29, 1.82) is 0 Å². The van der Waals surface area contributed by atoms with E-state index in [0.29, 0.717) is 17.2 Å². The number of alkyl halides is 3. The lowest BCUT2D eigenvalue weighted by Crippen LogP contribution is -2.53. The van der Waals surface area contributed by atoms with Crippen LogP contribution in [-0.4, -0.2) is 66.2 Å². The van der Waals surface area contributed by atoms with E-state index in [1.54, 1.807) is 36.8 Å². The van der Waals surface area contributed by atoms with Crippen LogP contribution in [0.5, 0.6) is 5.88 Å². The van der Waals surface area contributed by atoms with Crippen LogP contribution >= 0.6 is 0 Å². The Morgan fingerprint density at radius 1 is 1.25 bits per heavy atom. The van der Waals surface area contributed by atoms with Crippen molar-refractivity contribution in [2.24, 2.45) is 0 Å². The number of nitrogens with one attached hydrogen (secondary N) is 1. The van der Waals surface area contributed by atoms with Gasteiger partial charge in [0.2, 0.25) is 0 Å². The van der Waals surface area contributed by atoms with Crippen LogP contribution in [-0.2, 0) is 6.54 Å². The number of methoxy groups -OCH3 is 1. The Kier molecular flexibility index (Phi) is 7.08. The van der Waals surface area contributed by atoms with Gasteiger partial charge in [0.05, 0.1) is 31.6 Å². The Morgan fingerprint density at radius 2 is 2.06 bits per heavy atom. The minimum atomic E-state index is -4.67. The fraction of sp³-hybridized carbons (Fsp3) is 0.348. The van der Waals surface area contributed by atoms with E-state index in [9.17, 15) is 18.0 Å². The fourth-order valence-electron chi connectivity index (χ4n) is 3.89. The van der Waals surface area contributed by atoms with Gasteiger partial charge in [-0.3, -0.25) is 4.68 Å². The molecule has 0 aliphatic heterocycles. The molecule has 2 amide bonds. The molecule has 0 aliphatic carbocycles. The van der Waals surface area contributed by atoms with E-state index in [1.165, 1.54) is 24.4 Å². The molecule has 1 N–H and O–H groups in total. The summed E-state index contributed by atoms with van der Waals surface area (Å²) in [5.74, 6) is 0.357. The molecule has 0 spiro atoms. The van der Waals surface area contributed by atoms with E-state index in [4.69, 9.17) is 4.74 Å². The molecule has 190 valence electrons. The van der Waals surface area contributed by atoms with Crippen molar-refractivity contribution in [2.75, 3.05) is 13.7 Å². The number of carbonyl (C=O) groups excluding carboxylic acids is 1. The highest BCUT2D eigenvalue weighted by molar-refractivity contribution is 5.75. The van der Waals surface area contributed by atoms with Crippen LogP contribution < -0.4 is 10.1 Å². The molecule has 0 radical (unpaired) electrons. The Morgan fingerprint density at radius 3 is 2.72 bits per heavy atom. The van der Waals surface area contributed by atoms with E-state index >= 15 is 0 Å². The summed E-state index contributed by atoms with van der Waals surface area (Å²) in [7, 11) is 1.51. The summed E-state index contributed by atoms with van der Waals surface area (Å²) in [6, 6.07) is 3.84. The van der Waals surface area contributed by atoms with Gasteiger partial charge < -0.3 is 19.4 Å². The third-order valence-electron chi connectivity index (χ3n) is 5.80. The van der Waals surface area contributed by atoms with Crippen LogP contribution in [0.1, 0.15) is 25.5 Å². The van der Waals surface area contributed by atoms with Gasteiger partial charge in [-0.15, -0.1) is 5.10 Å². The minimum Gasteiger partial charge on any atom is -0.478 e. The van der Waals surface area contributed by atoms with Gasteiger partial charge in [-0.1, -0.05) is 23.4 Å². The lowest BCUT2D eigenvalue weighted by molar-refractivity contribution is -0.157. The maximum atomic E-state index is 13.6. The molecule has 1 aromatic carbocycles. The van der Waals surface area contributed by atoms with Crippen molar-refractivity contribution >= 4 is 11.7 Å². The second-order valence-electron chi connectivity index (χ2n) is 8.05. The number of ether oxygens (including phenoxy) is 1. The first kappa shape index (κ1) is 24.9. The molecular formula is C23H25F3N8O2. The lowest BCUT2D eigenvalue weighted by atomic mass is 10.0. The molecular weight excluding hydrogens is 477 g/mol. The molecule has 2 unspecified atom stereocenters. The fourth-order valence-corrected chi connectivity index (χ4v) is 3.89. The van der Waals surface area contributed by atoms with Crippen LogP contribution in [0.3, 0.4) is 0 Å². The molecule has 4 aromatic rings. The van der Waals surface area contributed by atoms with Gasteiger partial charge in [0.1, 0.15) is 6.04 Å². The second kappa shape index (κ2) is 10.2. The number of imidazole rings is 1. The molecule has 2 atom stereocenters. The summed E-state index contributed by atoms with van der Waals surface area (Å²) in [6.45, 7) is 3.08. The SMILES string of the molecule is CCN(C(=O)NC(Cn1ccnn1)C(F)(F)F)C(C)c1cccc(-c2cn3ccnc3c(OC)n2)c1. The average Bonchev–Trinajstić information content (AvgIpc) is 3.55. The first-order valence-corrected chi connectivity index (χ1v) is 11.2. The predicted molar refractivity (Wildman–Crippen MR) is 124 cm³/mol. The highest BCUT2D eigenvalue weighted by Crippen LogP contribution is 2.28. The molecule has 0 aliphatic rings. The first-order chi connectivity index (χ1) is 17.2. The molecule has 4 rings (SSSR count). The van der Waals surface area contributed by atoms with Gasteiger partial charge >= 0.3 is 12.2 Å². The van der Waals surface area contributed by atoms with Crippen LogP contribution in [0.15, 0.2) is 55.2 Å². The lowest BCUT2D eigenvalue weighted by Gasteiger charge is -2.31. The van der Waals surface area contributed by atoms with Gasteiger partial charge in [-0.2, -0.15) is 13.2 Å². The molecule has 0 saturated carbocycles. The quantitative estimate of drug-likeness (QED) is 0.394. The number of rotatable bonds is 8. The largest absolute Gasteiger partial charge is 0.478 e. The monoisotopic (exact) mass is 502 g/mol. The highest BCUT2D eigenvalue weighted by Gasteiger charge is 2.42. The predicted octanol–water partition coefficient (Wildman–Crippen LogP) is 3.72. The van der Waals surface area contributed by atoms with Crippen LogP contribution in [0.2, 0.25) is 0 Å². The molecule has 10 nitrogen and oxygen atoms in total. The Bertz CT molecular complexity index is 1320. The van der Waals surface area contributed by atoms with Crippen LogP contribution in [0, 0.1) is 0 Å².